The van der Waals surface area contributed by atoms with Gasteiger partial charge in [-0.15, -0.1) is 0 Å². The second-order valence-electron chi connectivity index (χ2n) is 6.12. The van der Waals surface area contributed by atoms with Crippen molar-refractivity contribution in [2.45, 2.75) is 104 Å². The molecule has 0 rings (SSSR count). The van der Waals surface area contributed by atoms with Crippen LogP contribution >= 0.6 is 0 Å². The Morgan fingerprint density at radius 3 is 2.04 bits per heavy atom. The SMILES string of the molecule is CCCCCCCC(CCC(=O)OCC)OC(=O)CCCCC. The summed E-state index contributed by atoms with van der Waals surface area (Å²) in [6, 6.07) is 0. The van der Waals surface area contributed by atoms with Crippen molar-refractivity contribution in [3.63, 3.8) is 0 Å². The maximum Gasteiger partial charge on any atom is 0.306 e. The van der Waals surface area contributed by atoms with E-state index in [0.717, 1.165) is 38.5 Å². The summed E-state index contributed by atoms with van der Waals surface area (Å²) in [5.74, 6) is -0.327. The third kappa shape index (κ3) is 14.3. The van der Waals surface area contributed by atoms with E-state index in [2.05, 4.69) is 13.8 Å². The lowest BCUT2D eigenvalue weighted by molar-refractivity contribution is -0.152. The molecule has 0 saturated heterocycles. The van der Waals surface area contributed by atoms with Crippen LogP contribution in [-0.2, 0) is 19.1 Å². The van der Waals surface area contributed by atoms with Gasteiger partial charge in [0.1, 0.15) is 6.10 Å². The molecule has 4 heteroatoms. The van der Waals surface area contributed by atoms with Crippen molar-refractivity contribution >= 4 is 11.9 Å². The van der Waals surface area contributed by atoms with Gasteiger partial charge in [0.05, 0.1) is 6.61 Å². The molecule has 0 N–H and O–H groups in total. The first kappa shape index (κ1) is 21.9. The Labute approximate surface area is 142 Å². The molecule has 0 amide bonds. The normalized spacial score (nSPS) is 12.0. The molecule has 0 aliphatic heterocycles. The van der Waals surface area contributed by atoms with Gasteiger partial charge in [-0.3, -0.25) is 9.59 Å². The molecule has 0 radical (unpaired) electrons. The minimum atomic E-state index is -0.203. The van der Waals surface area contributed by atoms with Crippen molar-refractivity contribution in [3.05, 3.63) is 0 Å². The van der Waals surface area contributed by atoms with E-state index in [4.69, 9.17) is 9.47 Å². The van der Waals surface area contributed by atoms with Gasteiger partial charge in [0, 0.05) is 12.8 Å². The molecule has 23 heavy (non-hydrogen) atoms. The van der Waals surface area contributed by atoms with Crippen LogP contribution in [0.4, 0.5) is 0 Å². The fourth-order valence-corrected chi connectivity index (χ4v) is 2.51. The predicted octanol–water partition coefficient (Wildman–Crippen LogP) is 5.18. The quantitative estimate of drug-likeness (QED) is 0.307. The summed E-state index contributed by atoms with van der Waals surface area (Å²) in [7, 11) is 0. The van der Waals surface area contributed by atoms with Gasteiger partial charge in [-0.2, -0.15) is 0 Å². The second kappa shape index (κ2) is 15.8. The number of carbonyl (C=O) groups excluding carboxylic acids is 2. The third-order valence-corrected chi connectivity index (χ3v) is 3.89. The summed E-state index contributed by atoms with van der Waals surface area (Å²) in [6.07, 6.45) is 11.0. The van der Waals surface area contributed by atoms with Gasteiger partial charge < -0.3 is 9.47 Å². The molecule has 0 fully saturated rings. The molecule has 0 heterocycles. The first-order valence-electron chi connectivity index (χ1n) is 9.49. The summed E-state index contributed by atoms with van der Waals surface area (Å²) in [6.45, 7) is 6.51. The highest BCUT2D eigenvalue weighted by atomic mass is 16.5. The van der Waals surface area contributed by atoms with Gasteiger partial charge in [0.2, 0.25) is 0 Å². The summed E-state index contributed by atoms with van der Waals surface area (Å²) in [5.41, 5.74) is 0. The van der Waals surface area contributed by atoms with Crippen molar-refractivity contribution in [2.75, 3.05) is 6.61 Å². The fraction of sp³-hybridized carbons (Fsp3) is 0.895. The first-order valence-corrected chi connectivity index (χ1v) is 9.49. The zero-order valence-corrected chi connectivity index (χ0v) is 15.4. The summed E-state index contributed by atoms with van der Waals surface area (Å²) in [5, 5.41) is 0. The molecule has 1 unspecified atom stereocenters. The molecule has 4 nitrogen and oxygen atoms in total. The van der Waals surface area contributed by atoms with Gasteiger partial charge in [-0.25, -0.2) is 0 Å². The fourth-order valence-electron chi connectivity index (χ4n) is 2.51. The summed E-state index contributed by atoms with van der Waals surface area (Å²) in [4.78, 5) is 23.4. The number of hydrogen-bond acceptors (Lipinski definition) is 4. The van der Waals surface area contributed by atoms with Crippen LogP contribution in [0.15, 0.2) is 0 Å². The number of rotatable bonds is 15. The van der Waals surface area contributed by atoms with Gasteiger partial charge in [0.15, 0.2) is 0 Å². The Morgan fingerprint density at radius 2 is 1.39 bits per heavy atom. The van der Waals surface area contributed by atoms with Crippen LogP contribution in [0.1, 0.15) is 97.8 Å². The number of carbonyl (C=O) groups is 2. The van der Waals surface area contributed by atoms with Crippen LogP contribution in [0.5, 0.6) is 0 Å². The molecule has 0 aromatic heterocycles. The Kier molecular flexibility index (Phi) is 15.1. The van der Waals surface area contributed by atoms with E-state index >= 15 is 0 Å². The highest BCUT2D eigenvalue weighted by Gasteiger charge is 2.16. The van der Waals surface area contributed by atoms with Crippen LogP contribution in [0.2, 0.25) is 0 Å². The van der Waals surface area contributed by atoms with Gasteiger partial charge in [-0.1, -0.05) is 52.4 Å². The average Bonchev–Trinajstić information content (AvgIpc) is 2.52. The van der Waals surface area contributed by atoms with Crippen molar-refractivity contribution in [1.29, 1.82) is 0 Å². The first-order chi connectivity index (χ1) is 11.1. The number of hydrogen-bond donors (Lipinski definition) is 0. The van der Waals surface area contributed by atoms with Crippen molar-refractivity contribution < 1.29 is 19.1 Å². The van der Waals surface area contributed by atoms with Gasteiger partial charge in [-0.05, 0) is 32.6 Å². The molecule has 1 atom stereocenters. The van der Waals surface area contributed by atoms with Crippen LogP contribution < -0.4 is 0 Å². The molecule has 0 bridgehead atoms. The average molecular weight is 328 g/mol. The second-order valence-corrected chi connectivity index (χ2v) is 6.12. The number of esters is 2. The highest BCUT2D eigenvalue weighted by Crippen LogP contribution is 2.15. The zero-order valence-electron chi connectivity index (χ0n) is 15.4. The van der Waals surface area contributed by atoms with E-state index in [0.29, 0.717) is 25.9 Å². The lowest BCUT2D eigenvalue weighted by Gasteiger charge is -2.18. The molecular formula is C19H36O4. The molecule has 0 aromatic carbocycles. The summed E-state index contributed by atoms with van der Waals surface area (Å²) < 4.78 is 10.5. The smallest absolute Gasteiger partial charge is 0.306 e. The highest BCUT2D eigenvalue weighted by molar-refractivity contribution is 5.70. The van der Waals surface area contributed by atoms with Crippen LogP contribution in [-0.4, -0.2) is 24.6 Å². The van der Waals surface area contributed by atoms with E-state index in [1.807, 2.05) is 0 Å². The molecule has 0 saturated carbocycles. The molecule has 0 spiro atoms. The monoisotopic (exact) mass is 328 g/mol. The Hall–Kier alpha value is -1.06. The topological polar surface area (TPSA) is 52.6 Å². The van der Waals surface area contributed by atoms with Crippen LogP contribution in [0, 0.1) is 0 Å². The van der Waals surface area contributed by atoms with Crippen LogP contribution in [0.3, 0.4) is 0 Å². The van der Waals surface area contributed by atoms with E-state index in [1.54, 1.807) is 6.92 Å². The van der Waals surface area contributed by atoms with Crippen molar-refractivity contribution in [1.82, 2.24) is 0 Å². The standard InChI is InChI=1S/C19H36O4/c1-4-7-9-10-12-13-17(15-16-18(20)22-6-3)23-19(21)14-11-8-5-2/h17H,4-16H2,1-3H3. The number of unbranched alkanes of at least 4 members (excludes halogenated alkanes) is 6. The summed E-state index contributed by atoms with van der Waals surface area (Å²) >= 11 is 0. The van der Waals surface area contributed by atoms with E-state index in [9.17, 15) is 9.59 Å². The predicted molar refractivity (Wildman–Crippen MR) is 93.3 cm³/mol. The van der Waals surface area contributed by atoms with Crippen molar-refractivity contribution in [2.24, 2.45) is 0 Å². The lowest BCUT2D eigenvalue weighted by Crippen LogP contribution is -2.20. The minimum absolute atomic E-state index is 0.124. The van der Waals surface area contributed by atoms with Gasteiger partial charge >= 0.3 is 11.9 Å². The van der Waals surface area contributed by atoms with Gasteiger partial charge in [0.25, 0.3) is 0 Å². The van der Waals surface area contributed by atoms with E-state index < -0.39 is 0 Å². The van der Waals surface area contributed by atoms with E-state index in [-0.39, 0.29) is 18.0 Å². The third-order valence-electron chi connectivity index (χ3n) is 3.89. The molecule has 0 aliphatic carbocycles. The molecule has 0 aliphatic rings. The molecular weight excluding hydrogens is 292 g/mol. The van der Waals surface area contributed by atoms with Crippen LogP contribution in [0.25, 0.3) is 0 Å². The van der Waals surface area contributed by atoms with Crippen molar-refractivity contribution in [3.8, 4) is 0 Å². The molecule has 0 aromatic rings. The Bertz CT molecular complexity index is 302. The maximum absolute atomic E-state index is 11.9. The maximum atomic E-state index is 11.9. The lowest BCUT2D eigenvalue weighted by atomic mass is 10.0. The zero-order chi connectivity index (χ0) is 17.3. The number of ether oxygens (including phenoxy) is 2. The minimum Gasteiger partial charge on any atom is -0.466 e. The Balaban J connectivity index is 4.13. The van der Waals surface area contributed by atoms with E-state index in [1.165, 1.54) is 19.3 Å². The molecule has 136 valence electrons. The largest absolute Gasteiger partial charge is 0.466 e. The Morgan fingerprint density at radius 1 is 0.739 bits per heavy atom.